The highest BCUT2D eigenvalue weighted by Crippen LogP contribution is 2.16. The fraction of sp³-hybridized carbons (Fsp3) is 0.632. The fourth-order valence-corrected chi connectivity index (χ4v) is 2.18. The molecule has 5 heteroatoms. The summed E-state index contributed by atoms with van der Waals surface area (Å²) in [6.45, 7) is 11.0. The van der Waals surface area contributed by atoms with Crippen molar-refractivity contribution in [2.75, 3.05) is 39.5 Å². The molecule has 24 heavy (non-hydrogen) atoms. The van der Waals surface area contributed by atoms with E-state index in [0.29, 0.717) is 6.61 Å². The number of hydrogen-bond acceptors (Lipinski definition) is 3. The number of benzene rings is 1. The molecule has 0 fully saturated rings. The average Bonchev–Trinajstić information content (AvgIpc) is 2.59. The molecule has 0 aliphatic carbocycles. The van der Waals surface area contributed by atoms with Gasteiger partial charge in [0.25, 0.3) is 0 Å². The van der Waals surface area contributed by atoms with Gasteiger partial charge in [-0.25, -0.2) is 0 Å². The maximum Gasteiger partial charge on any atom is 0.191 e. The molecule has 0 spiro atoms. The van der Waals surface area contributed by atoms with Crippen molar-refractivity contribution in [3.05, 3.63) is 29.8 Å². The van der Waals surface area contributed by atoms with E-state index in [4.69, 9.17) is 9.47 Å². The van der Waals surface area contributed by atoms with Gasteiger partial charge in [0.1, 0.15) is 5.75 Å². The summed E-state index contributed by atoms with van der Waals surface area (Å²) < 4.78 is 11.1. The molecule has 0 aliphatic heterocycles. The van der Waals surface area contributed by atoms with Crippen LogP contribution in [0, 0.1) is 6.92 Å². The molecule has 2 N–H and O–H groups in total. The number of guanidine groups is 1. The van der Waals surface area contributed by atoms with Crippen molar-refractivity contribution in [1.82, 2.24) is 10.6 Å². The van der Waals surface area contributed by atoms with E-state index in [1.807, 2.05) is 25.1 Å². The first kappa shape index (κ1) is 20.3. The first-order chi connectivity index (χ1) is 11.8. The first-order valence-electron chi connectivity index (χ1n) is 9.06. The molecule has 0 saturated carbocycles. The third-order valence-corrected chi connectivity index (χ3v) is 3.48. The molecule has 0 aromatic heterocycles. The smallest absolute Gasteiger partial charge is 0.191 e. The number of aliphatic imine (C=N–C) groups is 1. The summed E-state index contributed by atoms with van der Waals surface area (Å²) in [4.78, 5) is 4.58. The zero-order valence-corrected chi connectivity index (χ0v) is 15.4. The monoisotopic (exact) mass is 335 g/mol. The van der Waals surface area contributed by atoms with Gasteiger partial charge in [-0.1, -0.05) is 18.2 Å². The van der Waals surface area contributed by atoms with Crippen molar-refractivity contribution in [2.24, 2.45) is 4.99 Å². The molecule has 0 radical (unpaired) electrons. The number of nitrogens with one attached hydrogen (secondary N) is 2. The van der Waals surface area contributed by atoms with Crippen LogP contribution in [0.3, 0.4) is 0 Å². The maximum absolute atomic E-state index is 5.79. The lowest BCUT2D eigenvalue weighted by Gasteiger charge is -2.11. The molecule has 0 saturated heterocycles. The van der Waals surface area contributed by atoms with Crippen LogP contribution < -0.4 is 15.4 Å². The van der Waals surface area contributed by atoms with Gasteiger partial charge in [-0.2, -0.15) is 0 Å². The minimum Gasteiger partial charge on any atom is -0.493 e. The van der Waals surface area contributed by atoms with Crippen molar-refractivity contribution in [2.45, 2.75) is 40.0 Å². The zero-order chi connectivity index (χ0) is 17.5. The van der Waals surface area contributed by atoms with E-state index in [2.05, 4.69) is 35.5 Å². The topological polar surface area (TPSA) is 54.9 Å². The van der Waals surface area contributed by atoms with Crippen LogP contribution in [0.1, 0.15) is 38.7 Å². The van der Waals surface area contributed by atoms with Crippen LogP contribution in [0.5, 0.6) is 5.75 Å². The lowest BCUT2D eigenvalue weighted by atomic mass is 10.2. The summed E-state index contributed by atoms with van der Waals surface area (Å²) in [6, 6.07) is 8.09. The van der Waals surface area contributed by atoms with Crippen LogP contribution in [0.4, 0.5) is 0 Å². The summed E-state index contributed by atoms with van der Waals surface area (Å²) in [5.74, 6) is 1.84. The van der Waals surface area contributed by atoms with Gasteiger partial charge in [0.15, 0.2) is 5.96 Å². The number of para-hydroxylation sites is 1. The van der Waals surface area contributed by atoms with Gasteiger partial charge in [-0.3, -0.25) is 4.99 Å². The average molecular weight is 335 g/mol. The Hall–Kier alpha value is -1.75. The molecule has 136 valence electrons. The predicted molar refractivity (Wildman–Crippen MR) is 101 cm³/mol. The van der Waals surface area contributed by atoms with Crippen LogP contribution in [0.15, 0.2) is 29.3 Å². The van der Waals surface area contributed by atoms with Gasteiger partial charge < -0.3 is 20.1 Å². The van der Waals surface area contributed by atoms with Crippen LogP contribution in [-0.4, -0.2) is 45.4 Å². The number of rotatable bonds is 12. The van der Waals surface area contributed by atoms with Crippen LogP contribution in [0.2, 0.25) is 0 Å². The van der Waals surface area contributed by atoms with Gasteiger partial charge >= 0.3 is 0 Å². The highest BCUT2D eigenvalue weighted by molar-refractivity contribution is 5.79. The minimum absolute atomic E-state index is 0.683. The van der Waals surface area contributed by atoms with Crippen LogP contribution in [-0.2, 0) is 4.74 Å². The number of hydrogen-bond donors (Lipinski definition) is 2. The maximum atomic E-state index is 5.79. The number of unbranched alkanes of at least 4 members (excludes halogenated alkanes) is 1. The normalized spacial score (nSPS) is 11.4. The van der Waals surface area contributed by atoms with E-state index >= 15 is 0 Å². The summed E-state index contributed by atoms with van der Waals surface area (Å²) in [5.41, 5.74) is 1.17. The molecule has 0 atom stereocenters. The molecular weight excluding hydrogens is 302 g/mol. The van der Waals surface area contributed by atoms with E-state index in [-0.39, 0.29) is 0 Å². The van der Waals surface area contributed by atoms with Crippen molar-refractivity contribution in [1.29, 1.82) is 0 Å². The van der Waals surface area contributed by atoms with E-state index < -0.39 is 0 Å². The Labute approximate surface area is 146 Å². The lowest BCUT2D eigenvalue weighted by molar-refractivity contribution is 0.143. The van der Waals surface area contributed by atoms with E-state index in [9.17, 15) is 0 Å². The quantitative estimate of drug-likeness (QED) is 0.350. The lowest BCUT2D eigenvalue weighted by Crippen LogP contribution is -2.38. The highest BCUT2D eigenvalue weighted by atomic mass is 16.5. The summed E-state index contributed by atoms with van der Waals surface area (Å²) in [7, 11) is 0. The molecule has 0 bridgehead atoms. The van der Waals surface area contributed by atoms with Gasteiger partial charge in [-0.15, -0.1) is 0 Å². The molecule has 0 unspecified atom stereocenters. The van der Waals surface area contributed by atoms with E-state index in [1.54, 1.807) is 0 Å². The van der Waals surface area contributed by atoms with Crippen molar-refractivity contribution >= 4 is 5.96 Å². The summed E-state index contributed by atoms with van der Waals surface area (Å²) >= 11 is 0. The second-order valence-corrected chi connectivity index (χ2v) is 5.56. The van der Waals surface area contributed by atoms with Crippen molar-refractivity contribution in [3.63, 3.8) is 0 Å². The first-order valence-corrected chi connectivity index (χ1v) is 9.06. The predicted octanol–water partition coefficient (Wildman–Crippen LogP) is 3.14. The Bertz CT molecular complexity index is 464. The molecule has 0 aliphatic rings. The molecule has 0 heterocycles. The highest BCUT2D eigenvalue weighted by Gasteiger charge is 1.99. The van der Waals surface area contributed by atoms with Crippen LogP contribution in [0.25, 0.3) is 0 Å². The Kier molecular flexibility index (Phi) is 11.6. The Morgan fingerprint density at radius 2 is 1.88 bits per heavy atom. The Balaban J connectivity index is 2.19. The van der Waals surface area contributed by atoms with Crippen molar-refractivity contribution in [3.8, 4) is 5.75 Å². The Morgan fingerprint density at radius 3 is 2.62 bits per heavy atom. The molecular formula is C19H33N3O2. The molecule has 5 nitrogen and oxygen atoms in total. The number of aryl methyl sites for hydroxylation is 1. The van der Waals surface area contributed by atoms with Crippen molar-refractivity contribution < 1.29 is 9.47 Å². The molecule has 1 aromatic carbocycles. The van der Waals surface area contributed by atoms with Gasteiger partial charge in [0.2, 0.25) is 0 Å². The largest absolute Gasteiger partial charge is 0.493 e. The SMILES string of the molecule is CCNC(=NCCCOc1ccccc1C)NCCCCOCC. The third kappa shape index (κ3) is 9.40. The molecule has 0 amide bonds. The Morgan fingerprint density at radius 1 is 1.04 bits per heavy atom. The molecule has 1 rings (SSSR count). The molecule has 1 aromatic rings. The van der Waals surface area contributed by atoms with E-state index in [0.717, 1.165) is 63.8 Å². The fourth-order valence-electron chi connectivity index (χ4n) is 2.18. The number of nitrogens with zero attached hydrogens (tertiary/aromatic N) is 1. The number of ether oxygens (including phenoxy) is 2. The van der Waals surface area contributed by atoms with Gasteiger partial charge in [-0.05, 0) is 45.2 Å². The zero-order valence-electron chi connectivity index (χ0n) is 15.4. The van der Waals surface area contributed by atoms with E-state index in [1.165, 1.54) is 5.56 Å². The van der Waals surface area contributed by atoms with Crippen LogP contribution >= 0.6 is 0 Å². The second-order valence-electron chi connectivity index (χ2n) is 5.56. The summed E-state index contributed by atoms with van der Waals surface area (Å²) in [6.07, 6.45) is 3.06. The second kappa shape index (κ2) is 13.7. The standard InChI is InChI=1S/C19H33N3O2/c1-4-20-19(21-13-8-9-15-23-5-2)22-14-10-16-24-18-12-7-6-11-17(18)3/h6-7,11-12H,4-5,8-10,13-16H2,1-3H3,(H2,20,21,22). The summed E-state index contributed by atoms with van der Waals surface area (Å²) in [5, 5.41) is 6.63. The van der Waals surface area contributed by atoms with Gasteiger partial charge in [0.05, 0.1) is 6.61 Å². The third-order valence-electron chi connectivity index (χ3n) is 3.48. The van der Waals surface area contributed by atoms with Gasteiger partial charge in [0, 0.05) is 39.3 Å². The minimum atomic E-state index is 0.683.